The molecule has 0 bridgehead atoms. The molecule has 2 aromatic rings. The molecule has 6 heteroatoms. The summed E-state index contributed by atoms with van der Waals surface area (Å²) < 4.78 is 24.6. The number of rotatable bonds is 9. The molecule has 0 aliphatic rings. The average molecular weight is 390 g/mol. The van der Waals surface area contributed by atoms with Crippen molar-refractivity contribution in [3.05, 3.63) is 47.5 Å². The van der Waals surface area contributed by atoms with E-state index in [4.69, 9.17) is 18.9 Å². The molecule has 0 aromatic heterocycles. The molecular formula is C21H31NO4Si. The van der Waals surface area contributed by atoms with Crippen LogP contribution in [-0.4, -0.2) is 36.0 Å². The maximum Gasteiger partial charge on any atom is 0.188 e. The fraction of sp³-hybridized carbons (Fsp3) is 0.429. The molecule has 0 amide bonds. The summed E-state index contributed by atoms with van der Waals surface area (Å²) in [4.78, 5) is 0. The Bertz CT molecular complexity index is 701. The molecular weight excluding hydrogens is 358 g/mol. The van der Waals surface area contributed by atoms with Crippen molar-refractivity contribution in [1.82, 2.24) is 0 Å². The molecule has 5 nitrogen and oxygen atoms in total. The van der Waals surface area contributed by atoms with Crippen molar-refractivity contribution in [1.29, 1.82) is 0 Å². The van der Waals surface area contributed by atoms with E-state index in [1.807, 2.05) is 0 Å². The Hall–Kier alpha value is -2.02. The molecule has 0 spiro atoms. The van der Waals surface area contributed by atoms with E-state index in [1.165, 1.54) is 0 Å². The number of hydrogen-bond acceptors (Lipinski definition) is 5. The van der Waals surface area contributed by atoms with Crippen molar-refractivity contribution in [3.63, 3.8) is 0 Å². The number of para-hydroxylation sites is 2. The van der Waals surface area contributed by atoms with Gasteiger partial charge in [-0.1, -0.05) is 43.9 Å². The molecule has 0 unspecified atom stereocenters. The van der Waals surface area contributed by atoms with Crippen LogP contribution in [0.1, 0.15) is 11.1 Å². The maximum absolute atomic E-state index is 5.96. The lowest BCUT2D eigenvalue weighted by atomic mass is 10.1. The van der Waals surface area contributed by atoms with Gasteiger partial charge < -0.3 is 23.5 Å². The highest BCUT2D eigenvalue weighted by atomic mass is 28.3. The third-order valence-electron chi connectivity index (χ3n) is 4.18. The van der Waals surface area contributed by atoms with E-state index in [1.54, 1.807) is 14.2 Å². The van der Waals surface area contributed by atoms with Gasteiger partial charge in [0.1, 0.15) is 11.5 Å². The van der Waals surface area contributed by atoms with Crippen LogP contribution in [0.2, 0.25) is 19.6 Å². The number of anilines is 2. The van der Waals surface area contributed by atoms with Crippen molar-refractivity contribution in [2.24, 2.45) is 0 Å². The molecule has 0 saturated carbocycles. The second-order valence-corrected chi connectivity index (χ2v) is 12.2. The number of ether oxygens (including phenoxy) is 4. The first-order chi connectivity index (χ1) is 12.8. The first-order valence-corrected chi connectivity index (χ1v) is 12.5. The van der Waals surface area contributed by atoms with Crippen molar-refractivity contribution < 1.29 is 18.9 Å². The number of methoxy groups -OCH3 is 2. The van der Waals surface area contributed by atoms with Crippen LogP contribution in [-0.2, 0) is 9.47 Å². The molecule has 0 saturated heterocycles. The highest BCUT2D eigenvalue weighted by Gasteiger charge is 2.31. The van der Waals surface area contributed by atoms with E-state index < -0.39 is 8.24 Å². The predicted octanol–water partition coefficient (Wildman–Crippen LogP) is 5.24. The molecule has 2 aromatic carbocycles. The zero-order chi connectivity index (χ0) is 20.0. The third kappa shape index (κ3) is 5.03. The summed E-state index contributed by atoms with van der Waals surface area (Å²) in [6.45, 7) is 11.4. The maximum atomic E-state index is 5.96. The Balaban J connectivity index is 2.66. The number of hydrogen-bond donors (Lipinski definition) is 0. The van der Waals surface area contributed by atoms with Crippen LogP contribution >= 0.6 is 0 Å². The van der Waals surface area contributed by atoms with Gasteiger partial charge >= 0.3 is 0 Å². The van der Waals surface area contributed by atoms with E-state index >= 15 is 0 Å². The van der Waals surface area contributed by atoms with Crippen LogP contribution < -0.4 is 14.0 Å². The monoisotopic (exact) mass is 389 g/mol. The Morgan fingerprint density at radius 3 is 1.48 bits per heavy atom. The Kier molecular flexibility index (Phi) is 7.30. The molecule has 0 heterocycles. The quantitative estimate of drug-likeness (QED) is 0.433. The Morgan fingerprint density at radius 1 is 0.741 bits per heavy atom. The Labute approximate surface area is 163 Å². The molecule has 0 fully saturated rings. The van der Waals surface area contributed by atoms with Gasteiger partial charge in [-0.15, -0.1) is 0 Å². The smallest absolute Gasteiger partial charge is 0.188 e. The van der Waals surface area contributed by atoms with Crippen molar-refractivity contribution in [2.75, 3.05) is 32.4 Å². The third-order valence-corrected chi connectivity index (χ3v) is 6.00. The molecule has 0 radical (unpaired) electrons. The van der Waals surface area contributed by atoms with Gasteiger partial charge in [0.25, 0.3) is 0 Å². The summed E-state index contributed by atoms with van der Waals surface area (Å²) in [5.41, 5.74) is 4.19. The number of nitrogens with zero attached hydrogens (tertiary/aromatic N) is 1. The van der Waals surface area contributed by atoms with Crippen molar-refractivity contribution >= 4 is 19.6 Å². The minimum absolute atomic E-state index is 0.207. The van der Waals surface area contributed by atoms with Crippen LogP contribution in [0.4, 0.5) is 11.4 Å². The number of aryl methyl sites for hydroxylation is 2. The summed E-state index contributed by atoms with van der Waals surface area (Å²) in [5.74, 6) is 1.67. The summed E-state index contributed by atoms with van der Waals surface area (Å²) in [7, 11) is 1.40. The zero-order valence-corrected chi connectivity index (χ0v) is 18.5. The van der Waals surface area contributed by atoms with Gasteiger partial charge in [0.2, 0.25) is 0 Å². The molecule has 0 atom stereocenters. The van der Waals surface area contributed by atoms with Crippen molar-refractivity contribution in [3.8, 4) is 11.5 Å². The highest BCUT2D eigenvalue weighted by molar-refractivity contribution is 6.81. The standard InChI is InChI=1S/C21H31NO4Si/c1-16-10-8-12-18(20(16)25-14-23-3)22(27(5,6)7)19-13-9-11-17(2)21(19)26-15-24-4/h8-13H,14-15H2,1-7H3. The summed E-state index contributed by atoms with van der Waals surface area (Å²) in [6.07, 6.45) is 0. The summed E-state index contributed by atoms with van der Waals surface area (Å²) in [6, 6.07) is 12.4. The lowest BCUT2D eigenvalue weighted by molar-refractivity contribution is 0.0506. The van der Waals surface area contributed by atoms with Crippen LogP contribution in [0.25, 0.3) is 0 Å². The number of benzene rings is 2. The van der Waals surface area contributed by atoms with Gasteiger partial charge in [0, 0.05) is 14.2 Å². The summed E-state index contributed by atoms with van der Waals surface area (Å²) >= 11 is 0. The lowest BCUT2D eigenvalue weighted by Crippen LogP contribution is -2.43. The Morgan fingerprint density at radius 2 is 1.15 bits per heavy atom. The molecule has 148 valence electrons. The second kappa shape index (κ2) is 9.26. The SMILES string of the molecule is COCOc1c(C)cccc1N(c1cccc(C)c1OCOC)[Si](C)(C)C. The van der Waals surface area contributed by atoms with E-state index in [2.05, 4.69) is 74.5 Å². The lowest BCUT2D eigenvalue weighted by Gasteiger charge is -2.38. The van der Waals surface area contributed by atoms with E-state index in [-0.39, 0.29) is 13.6 Å². The van der Waals surface area contributed by atoms with Crippen LogP contribution in [0.15, 0.2) is 36.4 Å². The van der Waals surface area contributed by atoms with Crippen LogP contribution in [0.3, 0.4) is 0 Å². The minimum atomic E-state index is -1.86. The molecule has 0 aliphatic carbocycles. The largest absolute Gasteiger partial charge is 0.465 e. The van der Waals surface area contributed by atoms with Crippen molar-refractivity contribution in [2.45, 2.75) is 33.5 Å². The van der Waals surface area contributed by atoms with Gasteiger partial charge in [0.15, 0.2) is 21.8 Å². The van der Waals surface area contributed by atoms with Gasteiger partial charge in [0.05, 0.1) is 11.4 Å². The second-order valence-electron chi connectivity index (χ2n) is 7.45. The molecule has 0 aliphatic heterocycles. The van der Waals surface area contributed by atoms with Gasteiger partial charge in [-0.05, 0) is 37.1 Å². The van der Waals surface area contributed by atoms with E-state index in [0.717, 1.165) is 34.0 Å². The van der Waals surface area contributed by atoms with Gasteiger partial charge in [-0.2, -0.15) is 0 Å². The van der Waals surface area contributed by atoms with E-state index in [0.29, 0.717) is 0 Å². The fourth-order valence-electron chi connectivity index (χ4n) is 3.09. The fourth-order valence-corrected chi connectivity index (χ4v) is 4.89. The average Bonchev–Trinajstić information content (AvgIpc) is 2.60. The predicted molar refractivity (Wildman–Crippen MR) is 113 cm³/mol. The molecule has 27 heavy (non-hydrogen) atoms. The van der Waals surface area contributed by atoms with E-state index in [9.17, 15) is 0 Å². The molecule has 2 rings (SSSR count). The first-order valence-electron chi connectivity index (χ1n) is 9.04. The summed E-state index contributed by atoms with van der Waals surface area (Å²) in [5, 5.41) is 0. The minimum Gasteiger partial charge on any atom is -0.465 e. The topological polar surface area (TPSA) is 40.2 Å². The first kappa shape index (κ1) is 21.3. The van der Waals surface area contributed by atoms with Gasteiger partial charge in [-0.3, -0.25) is 0 Å². The zero-order valence-electron chi connectivity index (χ0n) is 17.5. The molecule has 0 N–H and O–H groups in total. The van der Waals surface area contributed by atoms with Gasteiger partial charge in [-0.25, -0.2) is 0 Å². The normalized spacial score (nSPS) is 11.4. The van der Waals surface area contributed by atoms with Crippen LogP contribution in [0.5, 0.6) is 11.5 Å². The highest BCUT2D eigenvalue weighted by Crippen LogP contribution is 2.44. The van der Waals surface area contributed by atoms with Crippen LogP contribution in [0, 0.1) is 13.8 Å².